The first-order chi connectivity index (χ1) is 15.4. The lowest BCUT2D eigenvalue weighted by molar-refractivity contribution is -0.143. The van der Waals surface area contributed by atoms with Gasteiger partial charge in [-0.2, -0.15) is 13.2 Å². The minimum absolute atomic E-state index is 0.0890. The zero-order chi connectivity index (χ0) is 24.4. The van der Waals surface area contributed by atoms with Crippen LogP contribution in [0.25, 0.3) is 11.1 Å². The molecule has 1 aromatic heterocycles. The van der Waals surface area contributed by atoms with E-state index in [9.17, 15) is 26.4 Å². The molecule has 0 saturated carbocycles. The molecule has 0 spiro atoms. The molecule has 3 rings (SSSR count). The van der Waals surface area contributed by atoms with E-state index in [0.29, 0.717) is 16.1 Å². The molecule has 0 aliphatic rings. The summed E-state index contributed by atoms with van der Waals surface area (Å²) in [5.74, 6) is -1.02. The monoisotopic (exact) mass is 498 g/mol. The Balaban J connectivity index is 2.20. The molecule has 0 atom stereocenters. The van der Waals surface area contributed by atoms with Gasteiger partial charge in [-0.3, -0.25) is 4.79 Å². The van der Waals surface area contributed by atoms with Crippen molar-refractivity contribution in [2.24, 2.45) is 0 Å². The lowest BCUT2D eigenvalue weighted by Crippen LogP contribution is -2.33. The number of benzene rings is 2. The first kappa shape index (κ1) is 24.9. The molecule has 3 aromatic rings. The highest BCUT2D eigenvalue weighted by atomic mass is 35.5. The van der Waals surface area contributed by atoms with Crippen molar-refractivity contribution in [1.29, 1.82) is 0 Å². The van der Waals surface area contributed by atoms with Crippen molar-refractivity contribution >= 4 is 27.3 Å². The number of nitrogens with zero attached hydrogens (tertiary/aromatic N) is 2. The molecule has 0 fully saturated rings. The standard InChI is InChI=1S/C23H22ClF3N2O3S/c1-28(12-13-33(2,31)32)22(30)21-19(17-8-10-18(24)11-9-17)14-20(23(25,26)27)29(21)15-16-6-4-3-5-7-16/h3-11,14H,12-13,15H2,1-2H3. The lowest BCUT2D eigenvalue weighted by atomic mass is 10.0. The van der Waals surface area contributed by atoms with Crippen LogP contribution in [0, 0.1) is 0 Å². The molecule has 2 aromatic carbocycles. The van der Waals surface area contributed by atoms with Gasteiger partial charge in [-0.15, -0.1) is 0 Å². The molecule has 0 saturated heterocycles. The van der Waals surface area contributed by atoms with E-state index in [0.717, 1.165) is 21.8 Å². The number of amides is 1. The normalized spacial score (nSPS) is 12.1. The Morgan fingerprint density at radius 1 is 1.06 bits per heavy atom. The quantitative estimate of drug-likeness (QED) is 0.461. The molecule has 1 heterocycles. The summed E-state index contributed by atoms with van der Waals surface area (Å²) in [6.07, 6.45) is -3.69. The van der Waals surface area contributed by atoms with Crippen molar-refractivity contribution in [3.63, 3.8) is 0 Å². The second-order valence-electron chi connectivity index (χ2n) is 7.72. The first-order valence-electron chi connectivity index (χ1n) is 9.90. The van der Waals surface area contributed by atoms with Crippen LogP contribution in [0.3, 0.4) is 0 Å². The molecule has 0 N–H and O–H groups in total. The van der Waals surface area contributed by atoms with Crippen molar-refractivity contribution in [2.45, 2.75) is 12.7 Å². The number of hydrogen-bond donors (Lipinski definition) is 0. The van der Waals surface area contributed by atoms with E-state index >= 15 is 0 Å². The van der Waals surface area contributed by atoms with Crippen LogP contribution >= 0.6 is 11.6 Å². The molecule has 0 unspecified atom stereocenters. The number of aromatic nitrogens is 1. The first-order valence-corrected chi connectivity index (χ1v) is 12.3. The SMILES string of the molecule is CN(CCS(C)(=O)=O)C(=O)c1c(-c2ccc(Cl)cc2)cc(C(F)(F)F)n1Cc1ccccc1. The summed E-state index contributed by atoms with van der Waals surface area (Å²) in [5, 5.41) is 0.400. The predicted octanol–water partition coefficient (Wildman–Crippen LogP) is 4.99. The van der Waals surface area contributed by atoms with Crippen LogP contribution in [-0.4, -0.2) is 49.4 Å². The van der Waals surface area contributed by atoms with Crippen LogP contribution in [-0.2, 0) is 22.6 Å². The molecule has 176 valence electrons. The average Bonchev–Trinajstić information content (AvgIpc) is 3.11. The Hall–Kier alpha value is -2.78. The Morgan fingerprint density at radius 3 is 2.21 bits per heavy atom. The Morgan fingerprint density at radius 2 is 1.67 bits per heavy atom. The van der Waals surface area contributed by atoms with E-state index in [2.05, 4.69) is 0 Å². The summed E-state index contributed by atoms with van der Waals surface area (Å²) < 4.78 is 66.2. The number of halogens is 4. The van der Waals surface area contributed by atoms with E-state index in [1.165, 1.54) is 31.3 Å². The van der Waals surface area contributed by atoms with Crippen LogP contribution in [0.5, 0.6) is 0 Å². The van der Waals surface area contributed by atoms with Crippen LogP contribution in [0.15, 0.2) is 60.7 Å². The van der Waals surface area contributed by atoms with Gasteiger partial charge in [-0.25, -0.2) is 8.42 Å². The number of alkyl halides is 3. The Bertz CT molecular complexity index is 1240. The van der Waals surface area contributed by atoms with E-state index in [1.54, 1.807) is 30.3 Å². The van der Waals surface area contributed by atoms with Gasteiger partial charge < -0.3 is 9.47 Å². The topological polar surface area (TPSA) is 59.4 Å². The van der Waals surface area contributed by atoms with Gasteiger partial charge in [0.25, 0.3) is 5.91 Å². The maximum absolute atomic E-state index is 14.0. The molecule has 33 heavy (non-hydrogen) atoms. The van der Waals surface area contributed by atoms with Gasteiger partial charge in [0.05, 0.1) is 5.75 Å². The largest absolute Gasteiger partial charge is 0.431 e. The van der Waals surface area contributed by atoms with Crippen molar-refractivity contribution in [1.82, 2.24) is 9.47 Å². The van der Waals surface area contributed by atoms with Gasteiger partial charge in [-0.05, 0) is 29.3 Å². The highest BCUT2D eigenvalue weighted by Crippen LogP contribution is 2.38. The maximum Gasteiger partial charge on any atom is 0.431 e. The maximum atomic E-state index is 14.0. The van der Waals surface area contributed by atoms with Gasteiger partial charge in [0.15, 0.2) is 0 Å². The number of carbonyl (C=O) groups is 1. The van der Waals surface area contributed by atoms with Gasteiger partial charge in [0, 0.05) is 37.0 Å². The minimum Gasteiger partial charge on any atom is -0.339 e. The third-order valence-corrected chi connectivity index (χ3v) is 6.25. The number of sulfone groups is 1. The molecule has 0 radical (unpaired) electrons. The summed E-state index contributed by atoms with van der Waals surface area (Å²) in [6.45, 7) is -0.347. The summed E-state index contributed by atoms with van der Waals surface area (Å²) in [5.41, 5.74) is -0.0996. The molecule has 0 aliphatic carbocycles. The fourth-order valence-corrected chi connectivity index (χ4v) is 4.11. The second kappa shape index (κ2) is 9.61. The van der Waals surface area contributed by atoms with Crippen molar-refractivity contribution in [2.75, 3.05) is 25.6 Å². The van der Waals surface area contributed by atoms with Crippen LogP contribution in [0.4, 0.5) is 13.2 Å². The van der Waals surface area contributed by atoms with Crippen LogP contribution in [0.2, 0.25) is 5.02 Å². The molecular formula is C23H22ClF3N2O3S. The molecule has 10 heteroatoms. The van der Waals surface area contributed by atoms with E-state index in [4.69, 9.17) is 11.6 Å². The summed E-state index contributed by atoms with van der Waals surface area (Å²) in [4.78, 5) is 14.5. The third-order valence-electron chi connectivity index (χ3n) is 5.07. The third kappa shape index (κ3) is 6.17. The Kier molecular flexibility index (Phi) is 7.23. The van der Waals surface area contributed by atoms with Gasteiger partial charge in [-0.1, -0.05) is 54.1 Å². The molecule has 5 nitrogen and oxygen atoms in total. The average molecular weight is 499 g/mol. The van der Waals surface area contributed by atoms with Gasteiger partial charge in [0.1, 0.15) is 21.2 Å². The Labute approximate surface area is 195 Å². The minimum atomic E-state index is -4.72. The van der Waals surface area contributed by atoms with Crippen molar-refractivity contribution < 1.29 is 26.4 Å². The van der Waals surface area contributed by atoms with Crippen molar-refractivity contribution in [3.05, 3.63) is 82.6 Å². The summed E-state index contributed by atoms with van der Waals surface area (Å²) >= 11 is 5.94. The summed E-state index contributed by atoms with van der Waals surface area (Å²) in [6, 6.07) is 15.6. The molecule has 0 aliphatic heterocycles. The van der Waals surface area contributed by atoms with Crippen LogP contribution in [0.1, 0.15) is 21.7 Å². The molecule has 1 amide bonds. The smallest absolute Gasteiger partial charge is 0.339 e. The van der Waals surface area contributed by atoms with Crippen LogP contribution < -0.4 is 0 Å². The van der Waals surface area contributed by atoms with Crippen molar-refractivity contribution in [3.8, 4) is 11.1 Å². The van der Waals surface area contributed by atoms with E-state index in [-0.39, 0.29) is 30.1 Å². The molecule has 0 bridgehead atoms. The highest BCUT2D eigenvalue weighted by Gasteiger charge is 2.38. The fourth-order valence-electron chi connectivity index (χ4n) is 3.38. The lowest BCUT2D eigenvalue weighted by Gasteiger charge is -2.21. The number of rotatable bonds is 7. The molecular weight excluding hydrogens is 477 g/mol. The van der Waals surface area contributed by atoms with E-state index < -0.39 is 27.6 Å². The zero-order valence-electron chi connectivity index (χ0n) is 17.9. The predicted molar refractivity (Wildman–Crippen MR) is 122 cm³/mol. The number of carbonyl (C=O) groups excluding carboxylic acids is 1. The van der Waals surface area contributed by atoms with E-state index in [1.807, 2.05) is 0 Å². The van der Waals surface area contributed by atoms with Gasteiger partial charge >= 0.3 is 6.18 Å². The zero-order valence-corrected chi connectivity index (χ0v) is 19.5. The van der Waals surface area contributed by atoms with Gasteiger partial charge in [0.2, 0.25) is 0 Å². The second-order valence-corrected chi connectivity index (χ2v) is 10.4. The summed E-state index contributed by atoms with van der Waals surface area (Å²) in [7, 11) is -2.01. The number of hydrogen-bond acceptors (Lipinski definition) is 3. The highest BCUT2D eigenvalue weighted by molar-refractivity contribution is 7.90. The fraction of sp³-hybridized carbons (Fsp3) is 0.261.